The van der Waals surface area contributed by atoms with E-state index < -0.39 is 18.0 Å². The topological polar surface area (TPSA) is 39.2 Å². The Morgan fingerprint density at radius 2 is 2.27 bits per heavy atom. The van der Waals surface area contributed by atoms with Crippen LogP contribution in [0.25, 0.3) is 0 Å². The predicted molar refractivity (Wildman–Crippen MR) is 58.3 cm³/mol. The number of alkyl halides is 2. The third-order valence-corrected chi connectivity index (χ3v) is 2.62. The molecule has 0 unspecified atom stereocenters. The van der Waals surface area contributed by atoms with E-state index in [1.54, 1.807) is 22.6 Å². The molecule has 1 rings (SSSR count). The number of esters is 1. The highest BCUT2D eigenvalue weighted by Crippen LogP contribution is 2.29. The van der Waals surface area contributed by atoms with Crippen LogP contribution in [0.3, 0.4) is 0 Å². The van der Waals surface area contributed by atoms with Crippen molar-refractivity contribution in [3.63, 3.8) is 0 Å². The van der Waals surface area contributed by atoms with E-state index in [0.717, 1.165) is 13.2 Å². The lowest BCUT2D eigenvalue weighted by atomic mass is 10.1. The average molecular weight is 347 g/mol. The van der Waals surface area contributed by atoms with Crippen LogP contribution in [-0.4, -0.2) is 18.1 Å². The average Bonchev–Trinajstić information content (AvgIpc) is 2.14. The minimum absolute atomic E-state index is 0.00417. The molecular weight excluding hydrogens is 342 g/mol. The third kappa shape index (κ3) is 2.75. The summed E-state index contributed by atoms with van der Waals surface area (Å²) in [5.41, 5.74) is -0.705. The molecule has 82 valence electrons. The van der Waals surface area contributed by atoms with E-state index in [-0.39, 0.29) is 14.4 Å². The molecule has 0 aliphatic carbocycles. The normalized spacial score (nSPS) is 10.5. The largest absolute Gasteiger partial charge is 0.465 e. The molecule has 0 aliphatic rings. The van der Waals surface area contributed by atoms with E-state index in [2.05, 4.69) is 9.72 Å². The molecular formula is C8H5ClF2INO2. The van der Waals surface area contributed by atoms with E-state index in [9.17, 15) is 13.6 Å². The Hall–Kier alpha value is -0.500. The Labute approximate surface area is 103 Å². The highest BCUT2D eigenvalue weighted by atomic mass is 127. The quantitative estimate of drug-likeness (QED) is 0.469. The first kappa shape index (κ1) is 12.6. The summed E-state index contributed by atoms with van der Waals surface area (Å²) in [6.07, 6.45) is -2.80. The van der Waals surface area contributed by atoms with E-state index >= 15 is 0 Å². The number of rotatable bonds is 2. The van der Waals surface area contributed by atoms with Crippen molar-refractivity contribution < 1.29 is 18.3 Å². The zero-order valence-electron chi connectivity index (χ0n) is 7.43. The molecule has 0 saturated carbocycles. The number of pyridine rings is 1. The van der Waals surface area contributed by atoms with Gasteiger partial charge in [0.15, 0.2) is 0 Å². The first-order valence-corrected chi connectivity index (χ1v) is 5.15. The van der Waals surface area contributed by atoms with Crippen molar-refractivity contribution in [3.8, 4) is 0 Å². The number of methoxy groups -OCH3 is 1. The van der Waals surface area contributed by atoms with Crippen LogP contribution in [0.15, 0.2) is 6.07 Å². The molecule has 1 heterocycles. The van der Waals surface area contributed by atoms with E-state index in [1.165, 1.54) is 0 Å². The molecule has 0 N–H and O–H groups in total. The fourth-order valence-corrected chi connectivity index (χ4v) is 2.10. The molecule has 15 heavy (non-hydrogen) atoms. The summed E-state index contributed by atoms with van der Waals surface area (Å²) in [5.74, 6) is -0.854. The standard InChI is InChI=1S/C8H5ClF2INO2/c1-15-8(14)3-2-4(9)13-7(12)5(3)6(10)11/h2,6H,1H3. The molecule has 0 amide bonds. The van der Waals surface area contributed by atoms with Gasteiger partial charge in [-0.25, -0.2) is 18.6 Å². The van der Waals surface area contributed by atoms with Crippen molar-refractivity contribution in [1.29, 1.82) is 0 Å². The fourth-order valence-electron chi connectivity index (χ4n) is 0.981. The van der Waals surface area contributed by atoms with Gasteiger partial charge in [0.25, 0.3) is 6.43 Å². The molecule has 0 saturated heterocycles. The van der Waals surface area contributed by atoms with Crippen LogP contribution in [0, 0.1) is 3.70 Å². The van der Waals surface area contributed by atoms with Crippen LogP contribution in [0.1, 0.15) is 22.3 Å². The van der Waals surface area contributed by atoms with Crippen molar-refractivity contribution in [3.05, 3.63) is 26.0 Å². The summed E-state index contributed by atoms with van der Waals surface area (Å²) in [6.45, 7) is 0. The lowest BCUT2D eigenvalue weighted by Gasteiger charge is -2.08. The summed E-state index contributed by atoms with van der Waals surface area (Å²) in [7, 11) is 1.11. The number of carbonyl (C=O) groups is 1. The highest BCUT2D eigenvalue weighted by Gasteiger charge is 2.23. The van der Waals surface area contributed by atoms with Crippen LogP contribution in [0.4, 0.5) is 8.78 Å². The van der Waals surface area contributed by atoms with E-state index in [1.807, 2.05) is 0 Å². The minimum Gasteiger partial charge on any atom is -0.465 e. The number of aromatic nitrogens is 1. The zero-order chi connectivity index (χ0) is 11.6. The zero-order valence-corrected chi connectivity index (χ0v) is 10.3. The monoisotopic (exact) mass is 347 g/mol. The second-order valence-corrected chi connectivity index (χ2v) is 3.90. The Morgan fingerprint density at radius 3 is 2.73 bits per heavy atom. The maximum Gasteiger partial charge on any atom is 0.338 e. The first-order valence-electron chi connectivity index (χ1n) is 3.69. The summed E-state index contributed by atoms with van der Waals surface area (Å²) < 4.78 is 29.6. The van der Waals surface area contributed by atoms with Gasteiger partial charge >= 0.3 is 5.97 Å². The van der Waals surface area contributed by atoms with Crippen LogP contribution in [0.2, 0.25) is 5.15 Å². The Morgan fingerprint density at radius 1 is 1.67 bits per heavy atom. The Bertz CT molecular complexity index is 400. The number of ether oxygens (including phenoxy) is 1. The summed E-state index contributed by atoms with van der Waals surface area (Å²) in [4.78, 5) is 14.8. The second-order valence-electron chi connectivity index (χ2n) is 2.49. The van der Waals surface area contributed by atoms with E-state index in [4.69, 9.17) is 11.6 Å². The molecule has 0 radical (unpaired) electrons. The van der Waals surface area contributed by atoms with Crippen molar-refractivity contribution >= 4 is 40.2 Å². The van der Waals surface area contributed by atoms with Gasteiger partial charge in [-0.1, -0.05) is 11.6 Å². The Balaban J connectivity index is 3.40. The molecule has 1 aromatic rings. The summed E-state index contributed by atoms with van der Waals surface area (Å²) in [6, 6.07) is 1.07. The molecule has 3 nitrogen and oxygen atoms in total. The maximum atomic E-state index is 12.6. The maximum absolute atomic E-state index is 12.6. The molecule has 0 aliphatic heterocycles. The van der Waals surface area contributed by atoms with Crippen molar-refractivity contribution in [2.24, 2.45) is 0 Å². The van der Waals surface area contributed by atoms with Crippen LogP contribution >= 0.6 is 34.2 Å². The molecule has 1 aromatic heterocycles. The number of halogens is 4. The molecule has 0 bridgehead atoms. The van der Waals surface area contributed by atoms with Gasteiger partial charge in [0, 0.05) is 0 Å². The second kappa shape index (κ2) is 5.02. The van der Waals surface area contributed by atoms with Crippen LogP contribution < -0.4 is 0 Å². The summed E-state index contributed by atoms with van der Waals surface area (Å²) in [5, 5.41) is -0.0239. The number of hydrogen-bond acceptors (Lipinski definition) is 3. The van der Waals surface area contributed by atoms with Crippen LogP contribution in [0.5, 0.6) is 0 Å². The van der Waals surface area contributed by atoms with E-state index in [0.29, 0.717) is 0 Å². The Kier molecular flexibility index (Phi) is 4.21. The smallest absolute Gasteiger partial charge is 0.338 e. The van der Waals surface area contributed by atoms with Gasteiger partial charge < -0.3 is 4.74 Å². The molecule has 0 spiro atoms. The number of carbonyl (C=O) groups excluding carboxylic acids is 1. The van der Waals surface area contributed by atoms with Crippen molar-refractivity contribution in [2.75, 3.05) is 7.11 Å². The highest BCUT2D eigenvalue weighted by molar-refractivity contribution is 14.1. The third-order valence-electron chi connectivity index (χ3n) is 1.60. The predicted octanol–water partition coefficient (Wildman–Crippen LogP) is 3.06. The summed E-state index contributed by atoms with van der Waals surface area (Å²) >= 11 is 7.15. The fraction of sp³-hybridized carbons (Fsp3) is 0.250. The van der Waals surface area contributed by atoms with Gasteiger partial charge in [-0.15, -0.1) is 0 Å². The molecule has 0 atom stereocenters. The van der Waals surface area contributed by atoms with Crippen molar-refractivity contribution in [2.45, 2.75) is 6.43 Å². The van der Waals surface area contributed by atoms with Gasteiger partial charge in [0.1, 0.15) is 8.85 Å². The molecule has 0 fully saturated rings. The molecule has 0 aromatic carbocycles. The SMILES string of the molecule is COC(=O)c1cc(Cl)nc(I)c1C(F)F. The van der Waals surface area contributed by atoms with Gasteiger partial charge in [0.2, 0.25) is 0 Å². The van der Waals surface area contributed by atoms with Gasteiger partial charge in [-0.2, -0.15) is 0 Å². The number of hydrogen-bond donors (Lipinski definition) is 0. The van der Waals surface area contributed by atoms with Crippen molar-refractivity contribution in [1.82, 2.24) is 4.98 Å². The van der Waals surface area contributed by atoms with Crippen LogP contribution in [-0.2, 0) is 4.74 Å². The minimum atomic E-state index is -2.80. The number of nitrogens with zero attached hydrogens (tertiary/aromatic N) is 1. The van der Waals surface area contributed by atoms with Gasteiger partial charge in [-0.3, -0.25) is 0 Å². The lowest BCUT2D eigenvalue weighted by molar-refractivity contribution is 0.0588. The first-order chi connectivity index (χ1) is 6.97. The lowest BCUT2D eigenvalue weighted by Crippen LogP contribution is -2.09. The van der Waals surface area contributed by atoms with Gasteiger partial charge in [0.05, 0.1) is 18.2 Å². The van der Waals surface area contributed by atoms with Gasteiger partial charge in [-0.05, 0) is 28.7 Å². The molecule has 7 heteroatoms.